The fraction of sp³-hybridized carbons (Fsp3) is 0.0500. The monoisotopic (exact) mass is 382 g/mol. The first-order valence-electron chi connectivity index (χ1n) is 8.23. The molecule has 0 fully saturated rings. The Morgan fingerprint density at radius 3 is 2.54 bits per heavy atom. The maximum atomic E-state index is 12.8. The average molecular weight is 382 g/mol. The number of nitrogens with two attached hydrogens (primary N) is 1. The summed E-state index contributed by atoms with van der Waals surface area (Å²) in [5, 5.41) is 0.960. The summed E-state index contributed by atoms with van der Waals surface area (Å²) in [6.07, 6.45) is -1.33. The molecule has 0 bridgehead atoms. The van der Waals surface area contributed by atoms with Gasteiger partial charge in [-0.3, -0.25) is 4.98 Å². The number of rotatable bonds is 3. The quantitative estimate of drug-likeness (QED) is 0.500. The summed E-state index contributed by atoms with van der Waals surface area (Å²) >= 11 is 0. The normalized spacial score (nSPS) is 11.5. The van der Waals surface area contributed by atoms with Gasteiger partial charge in [0.05, 0.1) is 16.8 Å². The standard InChI is InChI=1S/C20H13F3N4O/c21-20(22,23)13-4-6-15(16(24)10-13)17-7-9-26-19(27-17)28-14-5-3-12-2-1-8-25-18(12)11-14/h1-11H,24H2. The van der Waals surface area contributed by atoms with Gasteiger partial charge in [-0.25, -0.2) is 4.98 Å². The van der Waals surface area contributed by atoms with Crippen molar-refractivity contribution >= 4 is 16.6 Å². The number of hydrogen-bond donors (Lipinski definition) is 1. The van der Waals surface area contributed by atoms with E-state index in [0.717, 1.165) is 23.0 Å². The van der Waals surface area contributed by atoms with Crippen molar-refractivity contribution in [3.05, 3.63) is 72.6 Å². The lowest BCUT2D eigenvalue weighted by Gasteiger charge is -2.11. The number of hydrogen-bond acceptors (Lipinski definition) is 5. The second kappa shape index (κ2) is 6.80. The molecule has 0 aliphatic rings. The molecule has 5 nitrogen and oxygen atoms in total. The molecular formula is C20H13F3N4O. The van der Waals surface area contributed by atoms with Crippen molar-refractivity contribution in [3.8, 4) is 23.0 Å². The third-order valence-corrected chi connectivity index (χ3v) is 4.07. The van der Waals surface area contributed by atoms with E-state index in [1.54, 1.807) is 24.4 Å². The minimum atomic E-state index is -4.46. The highest BCUT2D eigenvalue weighted by Crippen LogP contribution is 2.34. The second-order valence-corrected chi connectivity index (χ2v) is 5.98. The van der Waals surface area contributed by atoms with Crippen molar-refractivity contribution in [1.29, 1.82) is 0 Å². The van der Waals surface area contributed by atoms with Crippen LogP contribution >= 0.6 is 0 Å². The summed E-state index contributed by atoms with van der Waals surface area (Å²) in [4.78, 5) is 12.6. The summed E-state index contributed by atoms with van der Waals surface area (Å²) < 4.78 is 44.1. The lowest BCUT2D eigenvalue weighted by molar-refractivity contribution is -0.137. The van der Waals surface area contributed by atoms with Gasteiger partial charge in [0.25, 0.3) is 0 Å². The van der Waals surface area contributed by atoms with Crippen molar-refractivity contribution in [2.24, 2.45) is 0 Å². The van der Waals surface area contributed by atoms with Crippen molar-refractivity contribution in [3.63, 3.8) is 0 Å². The predicted octanol–water partition coefficient (Wildman–Crippen LogP) is 5.09. The molecule has 0 unspecified atom stereocenters. The van der Waals surface area contributed by atoms with E-state index < -0.39 is 11.7 Å². The van der Waals surface area contributed by atoms with Crippen LogP contribution in [0.3, 0.4) is 0 Å². The van der Waals surface area contributed by atoms with E-state index in [1.807, 2.05) is 18.2 Å². The smallest absolute Gasteiger partial charge is 0.416 e. The highest BCUT2D eigenvalue weighted by molar-refractivity contribution is 5.79. The summed E-state index contributed by atoms with van der Waals surface area (Å²) in [6, 6.07) is 13.8. The van der Waals surface area contributed by atoms with Gasteiger partial charge in [-0.1, -0.05) is 12.1 Å². The fourth-order valence-corrected chi connectivity index (χ4v) is 2.73. The van der Waals surface area contributed by atoms with E-state index in [0.29, 0.717) is 17.0 Å². The van der Waals surface area contributed by atoms with E-state index in [1.165, 1.54) is 12.3 Å². The average Bonchev–Trinajstić information content (AvgIpc) is 2.67. The van der Waals surface area contributed by atoms with E-state index in [4.69, 9.17) is 10.5 Å². The van der Waals surface area contributed by atoms with E-state index in [2.05, 4.69) is 15.0 Å². The Hall–Kier alpha value is -3.68. The van der Waals surface area contributed by atoms with Crippen LogP contribution in [0.4, 0.5) is 18.9 Å². The van der Waals surface area contributed by atoms with Gasteiger partial charge in [0, 0.05) is 35.1 Å². The highest BCUT2D eigenvalue weighted by atomic mass is 19.4. The summed E-state index contributed by atoms with van der Waals surface area (Å²) in [5.41, 5.74) is 6.43. The van der Waals surface area contributed by atoms with E-state index in [-0.39, 0.29) is 11.7 Å². The van der Waals surface area contributed by atoms with Crippen LogP contribution in [0.15, 0.2) is 67.0 Å². The van der Waals surface area contributed by atoms with Gasteiger partial charge in [0.2, 0.25) is 0 Å². The molecule has 2 N–H and O–H groups in total. The topological polar surface area (TPSA) is 73.9 Å². The number of anilines is 1. The molecule has 28 heavy (non-hydrogen) atoms. The number of aromatic nitrogens is 3. The Morgan fingerprint density at radius 2 is 1.75 bits per heavy atom. The van der Waals surface area contributed by atoms with Gasteiger partial charge in [0.15, 0.2) is 0 Å². The van der Waals surface area contributed by atoms with Gasteiger partial charge in [-0.15, -0.1) is 0 Å². The first-order chi connectivity index (χ1) is 13.4. The molecule has 0 radical (unpaired) electrons. The maximum Gasteiger partial charge on any atom is 0.416 e. The van der Waals surface area contributed by atoms with Gasteiger partial charge in [-0.2, -0.15) is 18.2 Å². The van der Waals surface area contributed by atoms with Crippen molar-refractivity contribution in [2.75, 3.05) is 5.73 Å². The third-order valence-electron chi connectivity index (χ3n) is 4.07. The SMILES string of the molecule is Nc1cc(C(F)(F)F)ccc1-c1ccnc(Oc2ccc3cccnc3c2)n1. The van der Waals surface area contributed by atoms with Gasteiger partial charge >= 0.3 is 12.2 Å². The zero-order valence-electron chi connectivity index (χ0n) is 14.3. The molecule has 2 heterocycles. The molecule has 0 saturated heterocycles. The van der Waals surface area contributed by atoms with Crippen LogP contribution < -0.4 is 10.5 Å². The molecule has 0 saturated carbocycles. The van der Waals surface area contributed by atoms with Crippen molar-refractivity contribution < 1.29 is 17.9 Å². The molecule has 2 aromatic carbocycles. The molecule has 0 aliphatic carbocycles. The zero-order valence-corrected chi connectivity index (χ0v) is 14.3. The Bertz CT molecular complexity index is 1160. The molecule has 0 aliphatic heterocycles. The molecule has 8 heteroatoms. The van der Waals surface area contributed by atoms with Crippen LogP contribution in [0.5, 0.6) is 11.8 Å². The third kappa shape index (κ3) is 3.57. The van der Waals surface area contributed by atoms with Crippen molar-refractivity contribution in [1.82, 2.24) is 15.0 Å². The van der Waals surface area contributed by atoms with Crippen LogP contribution in [0.1, 0.15) is 5.56 Å². The number of nitrogens with zero attached hydrogens (tertiary/aromatic N) is 3. The van der Waals surface area contributed by atoms with E-state index >= 15 is 0 Å². The number of benzene rings is 2. The first-order valence-corrected chi connectivity index (χ1v) is 8.23. The number of halogens is 3. The number of fused-ring (bicyclic) bond motifs is 1. The molecule has 0 amide bonds. The van der Waals surface area contributed by atoms with Crippen LogP contribution in [0, 0.1) is 0 Å². The van der Waals surface area contributed by atoms with Gasteiger partial charge in [0.1, 0.15) is 5.75 Å². The molecule has 0 atom stereocenters. The summed E-state index contributed by atoms with van der Waals surface area (Å²) in [7, 11) is 0. The number of alkyl halides is 3. The molecular weight excluding hydrogens is 369 g/mol. The van der Waals surface area contributed by atoms with Crippen LogP contribution in [-0.4, -0.2) is 15.0 Å². The molecule has 140 valence electrons. The van der Waals surface area contributed by atoms with Crippen LogP contribution in [-0.2, 0) is 6.18 Å². The fourth-order valence-electron chi connectivity index (χ4n) is 2.73. The van der Waals surface area contributed by atoms with Crippen LogP contribution in [0.2, 0.25) is 0 Å². The van der Waals surface area contributed by atoms with Crippen molar-refractivity contribution in [2.45, 2.75) is 6.18 Å². The largest absolute Gasteiger partial charge is 0.424 e. The lowest BCUT2D eigenvalue weighted by atomic mass is 10.1. The van der Waals surface area contributed by atoms with Gasteiger partial charge < -0.3 is 10.5 Å². The van der Waals surface area contributed by atoms with Crippen LogP contribution in [0.25, 0.3) is 22.2 Å². The molecule has 0 spiro atoms. The first kappa shape index (κ1) is 17.7. The Morgan fingerprint density at radius 1 is 0.893 bits per heavy atom. The minimum absolute atomic E-state index is 0.0330. The Labute approximate surface area is 157 Å². The molecule has 4 aromatic rings. The zero-order chi connectivity index (χ0) is 19.7. The second-order valence-electron chi connectivity index (χ2n) is 5.98. The predicted molar refractivity (Wildman–Crippen MR) is 98.7 cm³/mol. The summed E-state index contributed by atoms with van der Waals surface area (Å²) in [6.45, 7) is 0. The minimum Gasteiger partial charge on any atom is -0.424 e. The van der Waals surface area contributed by atoms with Gasteiger partial charge in [-0.05, 0) is 36.4 Å². The highest BCUT2D eigenvalue weighted by Gasteiger charge is 2.31. The lowest BCUT2D eigenvalue weighted by Crippen LogP contribution is -2.06. The Balaban J connectivity index is 1.64. The molecule has 2 aromatic heterocycles. The number of ether oxygens (including phenoxy) is 1. The Kier molecular flexibility index (Phi) is 4.31. The number of pyridine rings is 1. The number of nitrogen functional groups attached to an aromatic ring is 1. The van der Waals surface area contributed by atoms with E-state index in [9.17, 15) is 13.2 Å². The maximum absolute atomic E-state index is 12.8. The molecule has 4 rings (SSSR count). The summed E-state index contributed by atoms with van der Waals surface area (Å²) in [5.74, 6) is 0.490.